The Morgan fingerprint density at radius 2 is 2.08 bits per heavy atom. The highest BCUT2D eigenvalue weighted by atomic mass is 127. The quantitative estimate of drug-likeness (QED) is 0.389. The van der Waals surface area contributed by atoms with Gasteiger partial charge >= 0.3 is 0 Å². The fourth-order valence-electron chi connectivity index (χ4n) is 3.75. The molecule has 0 amide bonds. The molecule has 1 saturated heterocycles. The Labute approximate surface area is 168 Å². The van der Waals surface area contributed by atoms with Crippen LogP contribution in [0.3, 0.4) is 0 Å². The van der Waals surface area contributed by atoms with Crippen LogP contribution in [0.15, 0.2) is 4.99 Å². The minimum Gasteiger partial charge on any atom is -0.356 e. The van der Waals surface area contributed by atoms with Crippen molar-refractivity contribution in [3.05, 3.63) is 15.6 Å². The van der Waals surface area contributed by atoms with Crippen molar-refractivity contribution < 1.29 is 0 Å². The van der Waals surface area contributed by atoms with E-state index in [4.69, 9.17) is 0 Å². The molecule has 0 spiro atoms. The maximum atomic E-state index is 4.50. The molecule has 0 radical (unpaired) electrons. The third-order valence-electron chi connectivity index (χ3n) is 5.09. The fraction of sp³-hybridized carbons (Fsp3) is 0.778. The zero-order chi connectivity index (χ0) is 16.8. The van der Waals surface area contributed by atoms with Crippen molar-refractivity contribution in [2.75, 3.05) is 26.7 Å². The number of aryl methyl sites for hydroxylation is 2. The number of hydrogen-bond donors (Lipinski definition) is 1. The summed E-state index contributed by atoms with van der Waals surface area (Å²) < 4.78 is 0. The topological polar surface area (TPSA) is 40.5 Å². The van der Waals surface area contributed by atoms with Crippen LogP contribution in [0.25, 0.3) is 0 Å². The monoisotopic (exact) mass is 464 g/mol. The molecule has 1 N–H and O–H groups in total. The third-order valence-corrected chi connectivity index (χ3v) is 6.22. The van der Waals surface area contributed by atoms with Crippen LogP contribution in [0.5, 0.6) is 0 Å². The van der Waals surface area contributed by atoms with Crippen LogP contribution in [0.1, 0.15) is 48.7 Å². The summed E-state index contributed by atoms with van der Waals surface area (Å²) in [6.07, 6.45) is 4.93. The van der Waals surface area contributed by atoms with Gasteiger partial charge in [0.1, 0.15) is 0 Å². The highest BCUT2D eigenvalue weighted by Crippen LogP contribution is 2.28. The smallest absolute Gasteiger partial charge is 0.193 e. The van der Waals surface area contributed by atoms with Crippen molar-refractivity contribution in [1.82, 2.24) is 15.2 Å². The van der Waals surface area contributed by atoms with Gasteiger partial charge in [0.25, 0.3) is 0 Å². The molecule has 0 aromatic carbocycles. The van der Waals surface area contributed by atoms with E-state index in [2.05, 4.69) is 47.9 Å². The third kappa shape index (κ3) is 5.58. The summed E-state index contributed by atoms with van der Waals surface area (Å²) in [6.45, 7) is 12.1. The second-order valence-corrected chi connectivity index (χ2v) is 7.82. The second kappa shape index (κ2) is 10.6. The van der Waals surface area contributed by atoms with Crippen molar-refractivity contribution in [1.29, 1.82) is 0 Å². The van der Waals surface area contributed by atoms with Crippen molar-refractivity contribution in [3.8, 4) is 0 Å². The first-order valence-electron chi connectivity index (χ1n) is 8.97. The van der Waals surface area contributed by atoms with Gasteiger partial charge < -0.3 is 10.2 Å². The van der Waals surface area contributed by atoms with Crippen molar-refractivity contribution in [2.24, 2.45) is 16.8 Å². The molecule has 1 fully saturated rings. The van der Waals surface area contributed by atoms with E-state index < -0.39 is 0 Å². The lowest BCUT2D eigenvalue weighted by molar-refractivity contribution is 0.319. The SMILES string of the molecule is CCC(CC)C1CCN(C(=NC)NCCc2sc(C)nc2C)C1.I. The first kappa shape index (κ1) is 21.7. The Morgan fingerprint density at radius 3 is 2.62 bits per heavy atom. The number of halogens is 1. The van der Waals surface area contributed by atoms with Gasteiger partial charge in [-0.3, -0.25) is 4.99 Å². The minimum absolute atomic E-state index is 0. The maximum absolute atomic E-state index is 4.50. The van der Waals surface area contributed by atoms with E-state index in [9.17, 15) is 0 Å². The standard InChI is InChI=1S/C18H32N4S.HI/c1-6-15(7-2)16-9-11-22(12-16)18(19-5)20-10-8-17-13(3)21-14(4)23-17;/h15-16H,6-12H2,1-5H3,(H,19,20);1H. The number of likely N-dealkylation sites (tertiary alicyclic amines) is 1. The minimum atomic E-state index is 0. The second-order valence-electron chi connectivity index (χ2n) is 6.54. The number of nitrogens with one attached hydrogen (secondary N) is 1. The lowest BCUT2D eigenvalue weighted by Crippen LogP contribution is -2.41. The van der Waals surface area contributed by atoms with Gasteiger partial charge in [0, 0.05) is 38.0 Å². The molecule has 6 heteroatoms. The van der Waals surface area contributed by atoms with Crippen LogP contribution in [-0.2, 0) is 6.42 Å². The number of aliphatic imine (C=N–C) groups is 1. The van der Waals surface area contributed by atoms with E-state index >= 15 is 0 Å². The molecular weight excluding hydrogens is 431 g/mol. The number of thiazole rings is 1. The molecular formula is C18H33IN4S. The van der Waals surface area contributed by atoms with E-state index in [0.29, 0.717) is 0 Å². The largest absolute Gasteiger partial charge is 0.356 e. The first-order chi connectivity index (χ1) is 11.1. The van der Waals surface area contributed by atoms with Gasteiger partial charge in [-0.1, -0.05) is 26.7 Å². The van der Waals surface area contributed by atoms with Crippen molar-refractivity contribution >= 4 is 41.3 Å². The van der Waals surface area contributed by atoms with Crippen LogP contribution in [0.4, 0.5) is 0 Å². The normalized spacial score (nSPS) is 18.2. The van der Waals surface area contributed by atoms with Gasteiger partial charge in [0.2, 0.25) is 0 Å². The first-order valence-corrected chi connectivity index (χ1v) is 9.79. The van der Waals surface area contributed by atoms with Gasteiger partial charge in [-0.05, 0) is 32.1 Å². The lowest BCUT2D eigenvalue weighted by Gasteiger charge is -2.24. The highest BCUT2D eigenvalue weighted by molar-refractivity contribution is 14.0. The molecule has 1 aromatic rings. The molecule has 1 aliphatic rings. The van der Waals surface area contributed by atoms with Crippen LogP contribution >= 0.6 is 35.3 Å². The highest BCUT2D eigenvalue weighted by Gasteiger charge is 2.29. The van der Waals surface area contributed by atoms with Gasteiger partial charge in [-0.15, -0.1) is 35.3 Å². The fourth-order valence-corrected chi connectivity index (χ4v) is 4.68. The molecule has 0 aliphatic carbocycles. The number of aromatic nitrogens is 1. The summed E-state index contributed by atoms with van der Waals surface area (Å²) in [5.74, 6) is 2.76. The average molecular weight is 464 g/mol. The number of guanidine groups is 1. The Hall–Kier alpha value is -0.370. The van der Waals surface area contributed by atoms with Gasteiger partial charge in [0.15, 0.2) is 5.96 Å². The molecule has 2 heterocycles. The van der Waals surface area contributed by atoms with Crippen molar-refractivity contribution in [2.45, 2.75) is 53.4 Å². The summed E-state index contributed by atoms with van der Waals surface area (Å²) in [4.78, 5) is 12.8. The Morgan fingerprint density at radius 1 is 1.38 bits per heavy atom. The molecule has 138 valence electrons. The van der Waals surface area contributed by atoms with E-state index in [1.165, 1.54) is 29.8 Å². The van der Waals surface area contributed by atoms with Crippen molar-refractivity contribution in [3.63, 3.8) is 0 Å². The van der Waals surface area contributed by atoms with Crippen LogP contribution in [-0.4, -0.2) is 42.5 Å². The van der Waals surface area contributed by atoms with Crippen LogP contribution in [0, 0.1) is 25.7 Å². The number of rotatable bonds is 6. The molecule has 24 heavy (non-hydrogen) atoms. The van der Waals surface area contributed by atoms with E-state index in [-0.39, 0.29) is 24.0 Å². The molecule has 2 rings (SSSR count). The lowest BCUT2D eigenvalue weighted by atomic mass is 9.87. The zero-order valence-electron chi connectivity index (χ0n) is 15.8. The molecule has 1 aromatic heterocycles. The Kier molecular flexibility index (Phi) is 9.56. The molecule has 1 unspecified atom stereocenters. The number of nitrogens with zero attached hydrogens (tertiary/aromatic N) is 3. The van der Waals surface area contributed by atoms with Crippen LogP contribution in [0.2, 0.25) is 0 Å². The maximum Gasteiger partial charge on any atom is 0.193 e. The van der Waals surface area contributed by atoms with Gasteiger partial charge in [-0.25, -0.2) is 4.98 Å². The predicted molar refractivity (Wildman–Crippen MR) is 116 cm³/mol. The van der Waals surface area contributed by atoms with E-state index in [1.807, 2.05) is 18.4 Å². The number of hydrogen-bond acceptors (Lipinski definition) is 3. The summed E-state index contributed by atoms with van der Waals surface area (Å²) in [6, 6.07) is 0. The molecule has 1 aliphatic heterocycles. The van der Waals surface area contributed by atoms with Gasteiger partial charge in [0.05, 0.1) is 10.7 Å². The Balaban J connectivity index is 0.00000288. The molecule has 0 saturated carbocycles. The predicted octanol–water partition coefficient (Wildman–Crippen LogP) is 4.25. The summed E-state index contributed by atoms with van der Waals surface area (Å²) >= 11 is 1.81. The molecule has 0 bridgehead atoms. The van der Waals surface area contributed by atoms with Gasteiger partial charge in [-0.2, -0.15) is 0 Å². The summed E-state index contributed by atoms with van der Waals surface area (Å²) in [5.41, 5.74) is 1.18. The van der Waals surface area contributed by atoms with E-state index in [1.54, 1.807) is 0 Å². The summed E-state index contributed by atoms with van der Waals surface area (Å²) in [5, 5.41) is 4.71. The summed E-state index contributed by atoms with van der Waals surface area (Å²) in [7, 11) is 1.90. The zero-order valence-corrected chi connectivity index (χ0v) is 18.9. The molecule has 4 nitrogen and oxygen atoms in total. The van der Waals surface area contributed by atoms with E-state index in [0.717, 1.165) is 48.9 Å². The average Bonchev–Trinajstić information content (AvgIpc) is 3.12. The molecule has 1 atom stereocenters. The van der Waals surface area contributed by atoms with Crippen LogP contribution < -0.4 is 5.32 Å². The Bertz CT molecular complexity index is 525.